The molecular weight excluding hydrogens is 318 g/mol. The second-order valence-electron chi connectivity index (χ2n) is 7.00. The van der Waals surface area contributed by atoms with Crippen LogP contribution in [-0.4, -0.2) is 31.2 Å². The van der Waals surface area contributed by atoms with Crippen molar-refractivity contribution in [2.75, 3.05) is 36.0 Å². The Kier molecular flexibility index (Phi) is 5.36. The number of hydrogen-bond donors (Lipinski definition) is 0. The maximum atomic E-state index is 5.03. The van der Waals surface area contributed by atoms with Crippen LogP contribution in [0.3, 0.4) is 0 Å². The Balaban J connectivity index is 2.21. The van der Waals surface area contributed by atoms with E-state index in [2.05, 4.69) is 81.7 Å². The minimum atomic E-state index is 1.02. The van der Waals surface area contributed by atoms with Gasteiger partial charge in [-0.05, 0) is 83.0 Å². The summed E-state index contributed by atoms with van der Waals surface area (Å²) >= 11 is 0. The zero-order chi connectivity index (χ0) is 18.8. The minimum Gasteiger partial charge on any atom is -0.372 e. The number of benzene rings is 2. The van der Waals surface area contributed by atoms with Gasteiger partial charge in [0.05, 0.1) is 11.0 Å². The molecule has 2 aromatic carbocycles. The molecule has 0 atom stereocenters. The van der Waals surface area contributed by atoms with Crippen LogP contribution in [0.4, 0.5) is 11.4 Å². The zero-order valence-electron chi connectivity index (χ0n) is 17.1. The number of nitrogens with zero attached hydrogens (tertiary/aromatic N) is 3. The summed E-state index contributed by atoms with van der Waals surface area (Å²) < 4.78 is 0. The first-order valence-corrected chi connectivity index (χ1v) is 9.87. The highest BCUT2D eigenvalue weighted by atomic mass is 15.1. The molecule has 3 heteroatoms. The Labute approximate surface area is 157 Å². The topological polar surface area (TPSA) is 19.4 Å². The Morgan fingerprint density at radius 2 is 1.00 bits per heavy atom. The van der Waals surface area contributed by atoms with Crippen LogP contribution in [0.15, 0.2) is 30.3 Å². The van der Waals surface area contributed by atoms with Crippen molar-refractivity contribution in [1.29, 1.82) is 0 Å². The largest absolute Gasteiger partial charge is 0.372 e. The van der Waals surface area contributed by atoms with Crippen molar-refractivity contribution in [2.45, 2.75) is 41.5 Å². The highest BCUT2D eigenvalue weighted by Crippen LogP contribution is 2.31. The second-order valence-corrected chi connectivity index (χ2v) is 7.00. The van der Waals surface area contributed by atoms with E-state index in [1.165, 1.54) is 33.3 Å². The van der Waals surface area contributed by atoms with Crippen LogP contribution in [0.25, 0.3) is 21.8 Å². The molecule has 0 aliphatic heterocycles. The molecule has 0 bridgehead atoms. The molecule has 0 spiro atoms. The van der Waals surface area contributed by atoms with Crippen LogP contribution in [0.2, 0.25) is 0 Å². The van der Waals surface area contributed by atoms with Gasteiger partial charge in [0.1, 0.15) is 0 Å². The van der Waals surface area contributed by atoms with Crippen LogP contribution in [0.1, 0.15) is 38.8 Å². The summed E-state index contributed by atoms with van der Waals surface area (Å²) in [5.41, 5.74) is 7.40. The van der Waals surface area contributed by atoms with Gasteiger partial charge in [0, 0.05) is 48.3 Å². The molecule has 0 saturated heterocycles. The monoisotopic (exact) mass is 349 g/mol. The van der Waals surface area contributed by atoms with Gasteiger partial charge in [0.25, 0.3) is 0 Å². The van der Waals surface area contributed by atoms with Crippen molar-refractivity contribution in [2.24, 2.45) is 0 Å². The van der Waals surface area contributed by atoms with E-state index in [1.54, 1.807) is 0 Å². The van der Waals surface area contributed by atoms with Crippen molar-refractivity contribution >= 4 is 33.2 Å². The van der Waals surface area contributed by atoms with Crippen LogP contribution < -0.4 is 9.80 Å². The molecule has 0 N–H and O–H groups in total. The standard InChI is InChI=1S/C23H31N3/c1-7-25(8-2)22-14-20-18(11-16(22)5)13-19-12-17(6)23(15-21(19)24-20)26(9-3)10-4/h11-15H,7-10H2,1-6H3. The van der Waals surface area contributed by atoms with Crippen molar-refractivity contribution in [3.8, 4) is 0 Å². The number of rotatable bonds is 6. The lowest BCUT2D eigenvalue weighted by Gasteiger charge is -2.24. The van der Waals surface area contributed by atoms with E-state index < -0.39 is 0 Å². The number of aromatic nitrogens is 1. The number of anilines is 2. The summed E-state index contributed by atoms with van der Waals surface area (Å²) in [4.78, 5) is 9.83. The third-order valence-corrected chi connectivity index (χ3v) is 5.45. The van der Waals surface area contributed by atoms with Gasteiger partial charge in [-0.2, -0.15) is 0 Å². The van der Waals surface area contributed by atoms with Gasteiger partial charge in [-0.1, -0.05) is 0 Å². The van der Waals surface area contributed by atoms with Gasteiger partial charge in [0.2, 0.25) is 0 Å². The fourth-order valence-corrected chi connectivity index (χ4v) is 3.95. The predicted octanol–water partition coefficient (Wildman–Crippen LogP) is 5.70. The van der Waals surface area contributed by atoms with Crippen molar-refractivity contribution in [3.05, 3.63) is 41.5 Å². The number of hydrogen-bond acceptors (Lipinski definition) is 3. The molecule has 0 aliphatic rings. The highest BCUT2D eigenvalue weighted by Gasteiger charge is 2.12. The van der Waals surface area contributed by atoms with E-state index in [0.717, 1.165) is 37.2 Å². The number of fused-ring (bicyclic) bond motifs is 2. The lowest BCUT2D eigenvalue weighted by molar-refractivity contribution is 0.862. The SMILES string of the molecule is CCN(CC)c1cc2nc3cc(N(CC)CC)c(C)cc3cc2cc1C. The molecule has 26 heavy (non-hydrogen) atoms. The van der Waals surface area contributed by atoms with E-state index >= 15 is 0 Å². The van der Waals surface area contributed by atoms with Crippen LogP contribution in [0, 0.1) is 13.8 Å². The van der Waals surface area contributed by atoms with Crippen molar-refractivity contribution < 1.29 is 0 Å². The van der Waals surface area contributed by atoms with E-state index in [1.807, 2.05) is 0 Å². The lowest BCUT2D eigenvalue weighted by atomic mass is 10.0. The molecule has 0 fully saturated rings. The molecule has 3 rings (SSSR count). The molecule has 1 aromatic heterocycles. The molecule has 0 radical (unpaired) electrons. The molecular formula is C23H31N3. The lowest BCUT2D eigenvalue weighted by Crippen LogP contribution is -2.22. The summed E-state index contributed by atoms with van der Waals surface area (Å²) in [5, 5.41) is 2.45. The molecule has 0 amide bonds. The first kappa shape index (κ1) is 18.5. The smallest absolute Gasteiger partial charge is 0.0730 e. The Morgan fingerprint density at radius 1 is 0.615 bits per heavy atom. The van der Waals surface area contributed by atoms with Crippen LogP contribution in [-0.2, 0) is 0 Å². The first-order chi connectivity index (χ1) is 12.5. The molecule has 138 valence electrons. The van der Waals surface area contributed by atoms with Gasteiger partial charge >= 0.3 is 0 Å². The number of aryl methyl sites for hydroxylation is 2. The predicted molar refractivity (Wildman–Crippen MR) is 116 cm³/mol. The van der Waals surface area contributed by atoms with E-state index in [4.69, 9.17) is 4.98 Å². The first-order valence-electron chi connectivity index (χ1n) is 9.87. The Morgan fingerprint density at radius 3 is 1.35 bits per heavy atom. The fraction of sp³-hybridized carbons (Fsp3) is 0.435. The third kappa shape index (κ3) is 3.23. The maximum Gasteiger partial charge on any atom is 0.0730 e. The Hall–Kier alpha value is -2.29. The van der Waals surface area contributed by atoms with E-state index in [9.17, 15) is 0 Å². The van der Waals surface area contributed by atoms with Gasteiger partial charge in [-0.25, -0.2) is 4.98 Å². The number of pyridine rings is 1. The molecule has 3 aromatic rings. The summed E-state index contributed by atoms with van der Waals surface area (Å²) in [7, 11) is 0. The fourth-order valence-electron chi connectivity index (χ4n) is 3.95. The van der Waals surface area contributed by atoms with Crippen LogP contribution in [0.5, 0.6) is 0 Å². The normalized spacial score (nSPS) is 11.3. The van der Waals surface area contributed by atoms with E-state index in [0.29, 0.717) is 0 Å². The van der Waals surface area contributed by atoms with Crippen molar-refractivity contribution in [3.63, 3.8) is 0 Å². The molecule has 0 unspecified atom stereocenters. The van der Waals surface area contributed by atoms with Gasteiger partial charge < -0.3 is 9.80 Å². The summed E-state index contributed by atoms with van der Waals surface area (Å²) in [6.45, 7) is 17.3. The Bertz CT molecular complexity index is 849. The molecule has 0 saturated carbocycles. The molecule has 0 aliphatic carbocycles. The average Bonchev–Trinajstić information content (AvgIpc) is 2.63. The van der Waals surface area contributed by atoms with Crippen LogP contribution >= 0.6 is 0 Å². The zero-order valence-corrected chi connectivity index (χ0v) is 17.1. The highest BCUT2D eigenvalue weighted by molar-refractivity contribution is 5.96. The van der Waals surface area contributed by atoms with Gasteiger partial charge in [0.15, 0.2) is 0 Å². The quantitative estimate of drug-likeness (QED) is 0.532. The second kappa shape index (κ2) is 7.53. The van der Waals surface area contributed by atoms with Gasteiger partial charge in [-0.15, -0.1) is 0 Å². The van der Waals surface area contributed by atoms with E-state index in [-0.39, 0.29) is 0 Å². The summed E-state index contributed by atoms with van der Waals surface area (Å²) in [5.74, 6) is 0. The maximum absolute atomic E-state index is 5.03. The average molecular weight is 350 g/mol. The molecule has 1 heterocycles. The summed E-state index contributed by atoms with van der Waals surface area (Å²) in [6.07, 6.45) is 0. The summed E-state index contributed by atoms with van der Waals surface area (Å²) in [6, 6.07) is 11.4. The van der Waals surface area contributed by atoms with Crippen molar-refractivity contribution in [1.82, 2.24) is 4.98 Å². The van der Waals surface area contributed by atoms with Gasteiger partial charge in [-0.3, -0.25) is 0 Å². The molecule has 3 nitrogen and oxygen atoms in total. The third-order valence-electron chi connectivity index (χ3n) is 5.45. The minimum absolute atomic E-state index is 1.02.